The summed E-state index contributed by atoms with van der Waals surface area (Å²) in [6.45, 7) is 2.61. The molecule has 0 bridgehead atoms. The first kappa shape index (κ1) is 22.1. The number of esters is 2. The van der Waals surface area contributed by atoms with Crippen LogP contribution in [0.15, 0.2) is 17.1 Å². The van der Waals surface area contributed by atoms with Crippen LogP contribution in [0.25, 0.3) is 17.2 Å². The molecule has 0 aromatic carbocycles. The lowest BCUT2D eigenvalue weighted by Crippen LogP contribution is -2.33. The van der Waals surface area contributed by atoms with Crippen molar-refractivity contribution in [2.24, 2.45) is 0 Å². The maximum Gasteiger partial charge on any atom is 0.332 e. The standard InChI is InChI=1S/C18H21N9O6/c1-9(28)31-8-11-6-13(32-10(2)29)16(33-11)27-15-12(7-20-17(19)21-15)26(18(27)30)5-3-4-14-22-24-25-23-14/h3-4,7,11,13,16H,5-6,8H2,1-2H3,(H2,19,20,21)(H,22,23,24,25)/b4-3+/t11-,13+,16+/m0/s1. The predicted molar refractivity (Wildman–Crippen MR) is 110 cm³/mol. The van der Waals surface area contributed by atoms with Crippen molar-refractivity contribution >= 4 is 35.1 Å². The summed E-state index contributed by atoms with van der Waals surface area (Å²) in [5, 5.41) is 13.4. The van der Waals surface area contributed by atoms with E-state index in [0.29, 0.717) is 11.3 Å². The fourth-order valence-corrected chi connectivity index (χ4v) is 3.56. The molecule has 33 heavy (non-hydrogen) atoms. The first-order valence-corrected chi connectivity index (χ1v) is 9.92. The predicted octanol–water partition coefficient (Wildman–Crippen LogP) is -0.816. The number of anilines is 1. The van der Waals surface area contributed by atoms with Crippen LogP contribution in [-0.4, -0.2) is 70.5 Å². The van der Waals surface area contributed by atoms with Gasteiger partial charge in [0.15, 0.2) is 17.7 Å². The molecule has 0 amide bonds. The van der Waals surface area contributed by atoms with E-state index < -0.39 is 36.1 Å². The van der Waals surface area contributed by atoms with Gasteiger partial charge >= 0.3 is 17.6 Å². The van der Waals surface area contributed by atoms with Gasteiger partial charge in [-0.25, -0.2) is 14.3 Å². The number of rotatable bonds is 7. The number of carbonyl (C=O) groups is 2. The molecule has 1 saturated heterocycles. The molecule has 0 radical (unpaired) electrons. The van der Waals surface area contributed by atoms with E-state index in [1.54, 1.807) is 12.2 Å². The van der Waals surface area contributed by atoms with Crippen molar-refractivity contribution in [3.63, 3.8) is 0 Å². The molecule has 174 valence electrons. The van der Waals surface area contributed by atoms with Gasteiger partial charge in [-0.15, -0.1) is 10.2 Å². The number of hydrogen-bond donors (Lipinski definition) is 2. The van der Waals surface area contributed by atoms with Gasteiger partial charge in [0.1, 0.15) is 18.2 Å². The van der Waals surface area contributed by atoms with Gasteiger partial charge in [-0.1, -0.05) is 6.08 Å². The number of nitrogen functional groups attached to an aromatic ring is 1. The lowest BCUT2D eigenvalue weighted by molar-refractivity contribution is -0.153. The Balaban J connectivity index is 1.72. The van der Waals surface area contributed by atoms with Crippen LogP contribution < -0.4 is 11.4 Å². The summed E-state index contributed by atoms with van der Waals surface area (Å²) in [4.78, 5) is 44.5. The fraction of sp³-hybridized carbons (Fsp3) is 0.444. The Labute approximate surface area is 185 Å². The molecule has 0 spiro atoms. The minimum atomic E-state index is -1.01. The third-order valence-electron chi connectivity index (χ3n) is 4.83. The largest absolute Gasteiger partial charge is 0.463 e. The van der Waals surface area contributed by atoms with Crippen molar-refractivity contribution in [3.05, 3.63) is 28.6 Å². The number of carbonyl (C=O) groups excluding carboxylic acids is 2. The first-order valence-electron chi connectivity index (χ1n) is 9.92. The molecule has 3 N–H and O–H groups in total. The average Bonchev–Trinajstić information content (AvgIpc) is 3.45. The molecule has 4 heterocycles. The SMILES string of the molecule is CC(=O)OC[C@@H]1C[C@@H](OC(C)=O)[C@H](n2c(=O)n(C/C=C/c3nn[nH]n3)c3cnc(N)nc32)O1. The van der Waals surface area contributed by atoms with Gasteiger partial charge in [-0.2, -0.15) is 10.2 Å². The molecule has 15 nitrogen and oxygen atoms in total. The van der Waals surface area contributed by atoms with E-state index in [0.717, 1.165) is 0 Å². The van der Waals surface area contributed by atoms with Crippen molar-refractivity contribution in [1.82, 2.24) is 39.7 Å². The van der Waals surface area contributed by atoms with Crippen LogP contribution in [0.1, 0.15) is 32.3 Å². The maximum atomic E-state index is 13.4. The molecule has 3 aromatic heterocycles. The normalized spacial score (nSPS) is 20.5. The molecule has 1 aliphatic heterocycles. The summed E-state index contributed by atoms with van der Waals surface area (Å²) in [6.07, 6.45) is 2.46. The van der Waals surface area contributed by atoms with Crippen LogP contribution in [0.5, 0.6) is 0 Å². The van der Waals surface area contributed by atoms with E-state index in [2.05, 4.69) is 30.6 Å². The lowest BCUT2D eigenvalue weighted by Gasteiger charge is -2.19. The summed E-state index contributed by atoms with van der Waals surface area (Å²) in [5.41, 5.74) is 5.87. The minimum absolute atomic E-state index is 0.0470. The number of hydrogen-bond acceptors (Lipinski definition) is 12. The maximum absolute atomic E-state index is 13.4. The van der Waals surface area contributed by atoms with Crippen LogP contribution in [-0.2, 0) is 30.3 Å². The van der Waals surface area contributed by atoms with Gasteiger partial charge in [0.05, 0.1) is 12.3 Å². The van der Waals surface area contributed by atoms with Gasteiger partial charge in [0, 0.05) is 26.8 Å². The highest BCUT2D eigenvalue weighted by molar-refractivity contribution is 5.72. The number of nitrogens with zero attached hydrogens (tertiary/aromatic N) is 7. The van der Waals surface area contributed by atoms with Gasteiger partial charge < -0.3 is 19.9 Å². The Hall–Kier alpha value is -4.14. The molecule has 0 aliphatic carbocycles. The quantitative estimate of drug-likeness (QED) is 0.417. The average molecular weight is 459 g/mol. The molecule has 4 rings (SSSR count). The Morgan fingerprint density at radius 3 is 2.88 bits per heavy atom. The van der Waals surface area contributed by atoms with Crippen molar-refractivity contribution in [1.29, 1.82) is 0 Å². The van der Waals surface area contributed by atoms with Crippen LogP contribution in [0.4, 0.5) is 5.95 Å². The van der Waals surface area contributed by atoms with Gasteiger partial charge in [-0.05, 0) is 11.3 Å². The van der Waals surface area contributed by atoms with Crippen LogP contribution >= 0.6 is 0 Å². The molecule has 0 unspecified atom stereocenters. The lowest BCUT2D eigenvalue weighted by atomic mass is 10.2. The Bertz CT molecular complexity index is 1250. The Kier molecular flexibility index (Phi) is 6.12. The summed E-state index contributed by atoms with van der Waals surface area (Å²) < 4.78 is 19.0. The number of nitrogens with one attached hydrogen (secondary N) is 1. The summed E-state index contributed by atoms with van der Waals surface area (Å²) >= 11 is 0. The van der Waals surface area contributed by atoms with E-state index in [-0.39, 0.29) is 31.2 Å². The molecule has 1 aliphatic rings. The second-order valence-corrected chi connectivity index (χ2v) is 7.21. The molecule has 0 saturated carbocycles. The van der Waals surface area contributed by atoms with E-state index in [4.69, 9.17) is 19.9 Å². The summed E-state index contributed by atoms with van der Waals surface area (Å²) in [7, 11) is 0. The Morgan fingerprint density at radius 2 is 2.18 bits per heavy atom. The fourth-order valence-electron chi connectivity index (χ4n) is 3.56. The van der Waals surface area contributed by atoms with Crippen LogP contribution in [0, 0.1) is 0 Å². The van der Waals surface area contributed by atoms with Gasteiger partial charge in [0.25, 0.3) is 0 Å². The molecular weight excluding hydrogens is 438 g/mol. The second kappa shape index (κ2) is 9.15. The van der Waals surface area contributed by atoms with Crippen LogP contribution in [0.2, 0.25) is 0 Å². The third kappa shape index (κ3) is 4.72. The first-order chi connectivity index (χ1) is 15.8. The van der Waals surface area contributed by atoms with Gasteiger partial charge in [-0.3, -0.25) is 14.2 Å². The van der Waals surface area contributed by atoms with Crippen LogP contribution in [0.3, 0.4) is 0 Å². The van der Waals surface area contributed by atoms with E-state index in [1.807, 2.05) is 0 Å². The molecular formula is C18H21N9O6. The number of aromatic nitrogens is 8. The van der Waals surface area contributed by atoms with Crippen molar-refractivity contribution in [2.75, 3.05) is 12.3 Å². The summed E-state index contributed by atoms with van der Waals surface area (Å²) in [6, 6.07) is 0. The number of allylic oxidation sites excluding steroid dienone is 1. The number of ether oxygens (including phenoxy) is 3. The molecule has 3 atom stereocenters. The minimum Gasteiger partial charge on any atom is -0.463 e. The zero-order valence-corrected chi connectivity index (χ0v) is 17.7. The number of fused-ring (bicyclic) bond motifs is 1. The topological polar surface area (TPSA) is 195 Å². The molecule has 15 heteroatoms. The van der Waals surface area contributed by atoms with Gasteiger partial charge in [0.2, 0.25) is 5.95 Å². The number of aromatic amines is 1. The summed E-state index contributed by atoms with van der Waals surface area (Å²) in [5.74, 6) is -0.728. The highest BCUT2D eigenvalue weighted by atomic mass is 16.6. The molecule has 3 aromatic rings. The highest BCUT2D eigenvalue weighted by Gasteiger charge is 2.41. The second-order valence-electron chi connectivity index (χ2n) is 7.21. The molecule has 1 fully saturated rings. The number of nitrogens with two attached hydrogens (primary N) is 1. The zero-order valence-electron chi connectivity index (χ0n) is 17.7. The Morgan fingerprint density at radius 1 is 1.36 bits per heavy atom. The highest BCUT2D eigenvalue weighted by Crippen LogP contribution is 2.33. The van der Waals surface area contributed by atoms with Crippen molar-refractivity contribution in [3.8, 4) is 0 Å². The number of H-pyrrole nitrogens is 1. The third-order valence-corrected chi connectivity index (χ3v) is 4.83. The van der Waals surface area contributed by atoms with E-state index in [1.165, 1.54) is 29.2 Å². The van der Waals surface area contributed by atoms with E-state index in [9.17, 15) is 14.4 Å². The number of tetrazole rings is 1. The monoisotopic (exact) mass is 459 g/mol. The zero-order chi connectivity index (χ0) is 23.5. The smallest absolute Gasteiger partial charge is 0.332 e. The van der Waals surface area contributed by atoms with E-state index >= 15 is 0 Å². The van der Waals surface area contributed by atoms with Crippen molar-refractivity contribution in [2.45, 2.75) is 45.2 Å². The number of imidazole rings is 1. The van der Waals surface area contributed by atoms with Crippen molar-refractivity contribution < 1.29 is 23.8 Å².